The predicted octanol–water partition coefficient (Wildman–Crippen LogP) is -0.0338. The first-order chi connectivity index (χ1) is 9.06. The molecule has 1 aliphatic rings. The molecule has 0 fully saturated rings. The number of aliphatic hydroxyl groups is 2. The van der Waals surface area contributed by atoms with Crippen molar-refractivity contribution >= 4 is 17.9 Å². The summed E-state index contributed by atoms with van der Waals surface area (Å²) in [5, 5.41) is 18.4. The van der Waals surface area contributed by atoms with Crippen molar-refractivity contribution in [1.29, 1.82) is 0 Å². The Morgan fingerprint density at radius 2 is 2.26 bits per heavy atom. The molecule has 102 valence electrons. The number of anilines is 1. The molecule has 1 heterocycles. The maximum absolute atomic E-state index is 12.1. The highest BCUT2D eigenvalue weighted by Crippen LogP contribution is 2.34. The molecule has 2 atom stereocenters. The molecule has 6 nitrogen and oxygen atoms in total. The number of hydrogen-bond donors (Lipinski definition) is 2. The van der Waals surface area contributed by atoms with Gasteiger partial charge in [0.2, 0.25) is 0 Å². The van der Waals surface area contributed by atoms with E-state index in [0.29, 0.717) is 23.3 Å². The van der Waals surface area contributed by atoms with Crippen molar-refractivity contribution in [2.24, 2.45) is 0 Å². The van der Waals surface area contributed by atoms with Crippen LogP contribution in [0, 0.1) is 0 Å². The average molecular weight is 265 g/mol. The quantitative estimate of drug-likeness (QED) is 0.746. The van der Waals surface area contributed by atoms with Gasteiger partial charge in [0.1, 0.15) is 12.0 Å². The average Bonchev–Trinajstić information content (AvgIpc) is 2.43. The lowest BCUT2D eigenvalue weighted by Crippen LogP contribution is -2.48. The lowest BCUT2D eigenvalue weighted by molar-refractivity contribution is -0.126. The van der Waals surface area contributed by atoms with Crippen LogP contribution in [0.4, 0.5) is 5.69 Å². The zero-order valence-corrected chi connectivity index (χ0v) is 10.4. The van der Waals surface area contributed by atoms with Gasteiger partial charge < -0.3 is 19.8 Å². The summed E-state index contributed by atoms with van der Waals surface area (Å²) in [6, 6.07) is 4.73. The van der Waals surface area contributed by atoms with Crippen molar-refractivity contribution in [3.05, 3.63) is 23.8 Å². The van der Waals surface area contributed by atoms with Gasteiger partial charge >= 0.3 is 0 Å². The van der Waals surface area contributed by atoms with Crippen LogP contribution in [0.5, 0.6) is 5.75 Å². The van der Waals surface area contributed by atoms with E-state index < -0.39 is 18.8 Å². The van der Waals surface area contributed by atoms with Gasteiger partial charge in [-0.1, -0.05) is 0 Å². The van der Waals surface area contributed by atoms with Crippen molar-refractivity contribution in [3.63, 3.8) is 0 Å². The van der Waals surface area contributed by atoms with Gasteiger partial charge in [-0.3, -0.25) is 9.59 Å². The second-order valence-corrected chi connectivity index (χ2v) is 4.39. The van der Waals surface area contributed by atoms with Crippen LogP contribution in [0.1, 0.15) is 17.3 Å². The first-order valence-electron chi connectivity index (χ1n) is 5.93. The fourth-order valence-electron chi connectivity index (χ4n) is 1.95. The number of β-amino-alcohol motifs (C(OH)–C–C–N with tert-alkyl or cyclic N) is 1. The highest BCUT2D eigenvalue weighted by Gasteiger charge is 2.32. The number of nitrogens with zero attached hydrogens (tertiary/aromatic N) is 1. The summed E-state index contributed by atoms with van der Waals surface area (Å²) in [5.41, 5.74) is 0.841. The molecular weight excluding hydrogens is 250 g/mol. The van der Waals surface area contributed by atoms with Gasteiger partial charge in [0, 0.05) is 5.56 Å². The molecule has 1 aliphatic heterocycles. The molecule has 19 heavy (non-hydrogen) atoms. The van der Waals surface area contributed by atoms with Crippen molar-refractivity contribution < 1.29 is 24.5 Å². The number of aliphatic hydroxyl groups excluding tert-OH is 2. The van der Waals surface area contributed by atoms with E-state index in [9.17, 15) is 14.7 Å². The summed E-state index contributed by atoms with van der Waals surface area (Å²) >= 11 is 0. The minimum atomic E-state index is -1.04. The zero-order valence-electron chi connectivity index (χ0n) is 10.4. The number of amides is 1. The molecule has 0 spiro atoms. The molecule has 0 aliphatic carbocycles. The molecule has 0 saturated heterocycles. The first-order valence-corrected chi connectivity index (χ1v) is 5.93. The normalized spacial score (nSPS) is 19.6. The topological polar surface area (TPSA) is 87.1 Å². The molecule has 2 N–H and O–H groups in total. The van der Waals surface area contributed by atoms with Crippen LogP contribution in [-0.4, -0.2) is 47.8 Å². The van der Waals surface area contributed by atoms with Gasteiger partial charge in [0.15, 0.2) is 6.10 Å². The molecule has 0 aromatic heterocycles. The van der Waals surface area contributed by atoms with Gasteiger partial charge in [-0.2, -0.15) is 0 Å². The monoisotopic (exact) mass is 265 g/mol. The van der Waals surface area contributed by atoms with Crippen molar-refractivity contribution in [2.45, 2.75) is 19.1 Å². The third-order valence-electron chi connectivity index (χ3n) is 2.93. The molecule has 1 aromatic carbocycles. The maximum atomic E-state index is 12.1. The lowest BCUT2D eigenvalue weighted by Gasteiger charge is -2.34. The highest BCUT2D eigenvalue weighted by molar-refractivity contribution is 6.00. The Balaban J connectivity index is 2.41. The van der Waals surface area contributed by atoms with E-state index in [0.717, 1.165) is 0 Å². The van der Waals surface area contributed by atoms with Crippen molar-refractivity contribution in [1.82, 2.24) is 0 Å². The van der Waals surface area contributed by atoms with Crippen LogP contribution in [0.2, 0.25) is 0 Å². The SMILES string of the molecule is CC1Oc2ccc(C=O)cc2N(CC(O)CO)C1=O. The number of rotatable bonds is 4. The Kier molecular flexibility index (Phi) is 3.82. The Morgan fingerprint density at radius 3 is 2.89 bits per heavy atom. The Bertz CT molecular complexity index is 502. The van der Waals surface area contributed by atoms with Gasteiger partial charge in [-0.25, -0.2) is 0 Å². The maximum Gasteiger partial charge on any atom is 0.267 e. The molecular formula is C13H15NO5. The van der Waals surface area contributed by atoms with Gasteiger partial charge in [-0.05, 0) is 25.1 Å². The summed E-state index contributed by atoms with van der Waals surface area (Å²) in [6.07, 6.45) is -1.04. The second-order valence-electron chi connectivity index (χ2n) is 4.39. The minimum Gasteiger partial charge on any atom is -0.479 e. The third kappa shape index (κ3) is 2.59. The highest BCUT2D eigenvalue weighted by atomic mass is 16.5. The Labute approximate surface area is 110 Å². The summed E-state index contributed by atoms with van der Waals surface area (Å²) in [6.45, 7) is 1.12. The van der Waals surface area contributed by atoms with E-state index in [2.05, 4.69) is 0 Å². The van der Waals surface area contributed by atoms with Gasteiger partial charge in [0.05, 0.1) is 24.9 Å². The van der Waals surface area contributed by atoms with E-state index in [4.69, 9.17) is 9.84 Å². The summed E-state index contributed by atoms with van der Waals surface area (Å²) in [7, 11) is 0. The van der Waals surface area contributed by atoms with Crippen LogP contribution in [0.15, 0.2) is 18.2 Å². The Hall–Kier alpha value is -1.92. The molecule has 0 saturated carbocycles. The molecule has 1 amide bonds. The van der Waals surface area contributed by atoms with Gasteiger partial charge in [-0.15, -0.1) is 0 Å². The molecule has 2 unspecified atom stereocenters. The third-order valence-corrected chi connectivity index (χ3v) is 2.93. The number of aldehydes is 1. The zero-order chi connectivity index (χ0) is 14.0. The van der Waals surface area contributed by atoms with E-state index in [1.165, 1.54) is 11.0 Å². The number of carbonyl (C=O) groups is 2. The van der Waals surface area contributed by atoms with Crippen molar-refractivity contribution in [3.8, 4) is 5.75 Å². The molecule has 2 rings (SSSR count). The summed E-state index contributed by atoms with van der Waals surface area (Å²) in [5.74, 6) is 0.158. The standard InChI is InChI=1S/C13H15NO5/c1-8-13(18)14(5-10(17)7-16)11-4-9(6-15)2-3-12(11)19-8/h2-4,6,8,10,16-17H,5,7H2,1H3. The minimum absolute atomic E-state index is 0.0433. The van der Waals surface area contributed by atoms with Crippen LogP contribution >= 0.6 is 0 Å². The Morgan fingerprint density at radius 1 is 1.53 bits per heavy atom. The fourth-order valence-corrected chi connectivity index (χ4v) is 1.95. The summed E-state index contributed by atoms with van der Waals surface area (Å²) < 4.78 is 5.44. The lowest BCUT2D eigenvalue weighted by atomic mass is 10.1. The number of hydrogen-bond acceptors (Lipinski definition) is 5. The fraction of sp³-hybridized carbons (Fsp3) is 0.385. The van der Waals surface area contributed by atoms with Crippen LogP contribution in [0.3, 0.4) is 0 Å². The molecule has 0 radical (unpaired) electrons. The number of fused-ring (bicyclic) bond motifs is 1. The smallest absolute Gasteiger partial charge is 0.267 e. The van der Waals surface area contributed by atoms with E-state index in [1.54, 1.807) is 19.1 Å². The molecule has 0 bridgehead atoms. The molecule has 6 heteroatoms. The number of carbonyl (C=O) groups excluding carboxylic acids is 2. The van der Waals surface area contributed by atoms with Gasteiger partial charge in [0.25, 0.3) is 5.91 Å². The molecule has 1 aromatic rings. The predicted molar refractivity (Wildman–Crippen MR) is 67.4 cm³/mol. The number of ether oxygens (including phenoxy) is 1. The second kappa shape index (κ2) is 5.38. The van der Waals surface area contributed by atoms with Crippen LogP contribution < -0.4 is 9.64 Å². The number of benzene rings is 1. The van der Waals surface area contributed by atoms with E-state index >= 15 is 0 Å². The first kappa shape index (κ1) is 13.5. The largest absolute Gasteiger partial charge is 0.479 e. The summed E-state index contributed by atoms with van der Waals surface area (Å²) in [4.78, 5) is 24.2. The van der Waals surface area contributed by atoms with E-state index in [-0.39, 0.29) is 12.5 Å². The van der Waals surface area contributed by atoms with Crippen LogP contribution in [-0.2, 0) is 4.79 Å². The van der Waals surface area contributed by atoms with E-state index in [1.807, 2.05) is 0 Å². The van der Waals surface area contributed by atoms with Crippen molar-refractivity contribution in [2.75, 3.05) is 18.1 Å². The van der Waals surface area contributed by atoms with Crippen LogP contribution in [0.25, 0.3) is 0 Å².